The summed E-state index contributed by atoms with van der Waals surface area (Å²) in [7, 11) is 0. The van der Waals surface area contributed by atoms with Gasteiger partial charge in [-0.25, -0.2) is 0 Å². The summed E-state index contributed by atoms with van der Waals surface area (Å²) in [5.41, 5.74) is 5.79. The van der Waals surface area contributed by atoms with E-state index in [0.29, 0.717) is 17.4 Å². The van der Waals surface area contributed by atoms with Gasteiger partial charge in [0.15, 0.2) is 0 Å². The molecule has 6 heteroatoms. The van der Waals surface area contributed by atoms with E-state index in [0.717, 1.165) is 15.8 Å². The molecule has 1 radical (unpaired) electrons. The number of nitrogens with two attached hydrogens (primary N) is 1. The number of carbonyl (C=O) groups excluding carboxylic acids is 1. The van der Waals surface area contributed by atoms with Gasteiger partial charge in [-0.15, -0.1) is 0 Å². The van der Waals surface area contributed by atoms with Gasteiger partial charge in [0.1, 0.15) is 0 Å². The topological polar surface area (TPSA) is 73.3 Å². The quantitative estimate of drug-likeness (QED) is 0.378. The average molecular weight is 336 g/mol. The molecule has 97 valence electrons. The van der Waals surface area contributed by atoms with Crippen LogP contribution in [0.3, 0.4) is 0 Å². The van der Waals surface area contributed by atoms with E-state index in [9.17, 15) is 9.59 Å². The minimum atomic E-state index is -0.150. The third-order valence-corrected chi connectivity index (χ3v) is 5.06. The van der Waals surface area contributed by atoms with E-state index in [2.05, 4.69) is 0 Å². The van der Waals surface area contributed by atoms with Gasteiger partial charge in [0.05, 0.1) is 0 Å². The molecule has 0 saturated carbocycles. The second-order valence-corrected chi connectivity index (χ2v) is 6.98. The van der Waals surface area contributed by atoms with E-state index in [1.165, 1.54) is 6.07 Å². The van der Waals surface area contributed by atoms with E-state index in [-0.39, 0.29) is 31.9 Å². The van der Waals surface area contributed by atoms with Crippen LogP contribution in [0.25, 0.3) is 11.0 Å². The molecule has 1 heterocycles. The first-order valence-electron chi connectivity index (χ1n) is 5.60. The molecule has 19 heavy (non-hydrogen) atoms. The second kappa shape index (κ2) is 6.13. The molecule has 2 N–H and O–H groups in total. The fourth-order valence-electron chi connectivity index (χ4n) is 1.61. The molecule has 2 aromatic rings. The van der Waals surface area contributed by atoms with Crippen molar-refractivity contribution >= 4 is 54.6 Å². The van der Waals surface area contributed by atoms with Crippen LogP contribution < -0.4 is 15.5 Å². The minimum absolute atomic E-state index is 0.0698. The summed E-state index contributed by atoms with van der Waals surface area (Å²) < 4.78 is 6.57. The standard InChI is InChI=1S/C13H11AsNO3S/c15-13(19)12-7-10(17)9-6-8(14-4-1-5-16)2-3-11(9)18-12/h2-3,5-7H,1,4H2,(H2,15,19). The van der Waals surface area contributed by atoms with Crippen molar-refractivity contribution in [2.75, 3.05) is 0 Å². The molecule has 1 aromatic carbocycles. The van der Waals surface area contributed by atoms with Crippen LogP contribution >= 0.6 is 12.2 Å². The van der Waals surface area contributed by atoms with Crippen molar-refractivity contribution in [3.05, 3.63) is 40.2 Å². The summed E-state index contributed by atoms with van der Waals surface area (Å²) in [4.78, 5) is 22.3. The van der Waals surface area contributed by atoms with Crippen molar-refractivity contribution in [3.8, 4) is 0 Å². The van der Waals surface area contributed by atoms with Gasteiger partial charge in [-0.3, -0.25) is 0 Å². The molecule has 0 saturated heterocycles. The Morgan fingerprint density at radius 1 is 1.42 bits per heavy atom. The van der Waals surface area contributed by atoms with Crippen molar-refractivity contribution < 1.29 is 9.21 Å². The van der Waals surface area contributed by atoms with Crippen LogP contribution in [0.15, 0.2) is 33.5 Å². The van der Waals surface area contributed by atoms with E-state index in [1.807, 2.05) is 12.1 Å². The number of benzene rings is 1. The Morgan fingerprint density at radius 2 is 2.21 bits per heavy atom. The van der Waals surface area contributed by atoms with E-state index < -0.39 is 0 Å². The van der Waals surface area contributed by atoms with Crippen LogP contribution in [0.2, 0.25) is 5.21 Å². The maximum atomic E-state index is 12.0. The molecule has 0 fully saturated rings. The van der Waals surface area contributed by atoms with Crippen LogP contribution in [0.1, 0.15) is 12.2 Å². The van der Waals surface area contributed by atoms with Crippen LogP contribution in [0.4, 0.5) is 0 Å². The van der Waals surface area contributed by atoms with Gasteiger partial charge in [-0.05, 0) is 0 Å². The Kier molecular flexibility index (Phi) is 4.51. The second-order valence-electron chi connectivity index (χ2n) is 3.86. The first-order chi connectivity index (χ1) is 9.11. The molecule has 0 unspecified atom stereocenters. The van der Waals surface area contributed by atoms with Crippen molar-refractivity contribution in [2.45, 2.75) is 11.6 Å². The normalized spacial score (nSPS) is 11.2. The van der Waals surface area contributed by atoms with Gasteiger partial charge in [0, 0.05) is 0 Å². The summed E-state index contributed by atoms with van der Waals surface area (Å²) in [5, 5.41) is 1.39. The summed E-state index contributed by atoms with van der Waals surface area (Å²) >= 11 is 4.70. The van der Waals surface area contributed by atoms with E-state index >= 15 is 0 Å². The molecular weight excluding hydrogens is 325 g/mol. The Balaban J connectivity index is 2.41. The number of thiocarbonyl (C=S) groups is 1. The Bertz CT molecular complexity index is 696. The fraction of sp³-hybridized carbons (Fsp3) is 0.154. The van der Waals surface area contributed by atoms with Crippen LogP contribution in [0.5, 0.6) is 0 Å². The average Bonchev–Trinajstić information content (AvgIpc) is 2.39. The molecule has 0 atom stereocenters. The van der Waals surface area contributed by atoms with Gasteiger partial charge in [-0.2, -0.15) is 0 Å². The number of aldehydes is 1. The zero-order valence-electron chi connectivity index (χ0n) is 9.96. The molecule has 2 rings (SSSR count). The molecular formula is C13H11AsNO3S. The molecule has 0 bridgehead atoms. The number of hydrogen-bond donors (Lipinski definition) is 1. The third-order valence-electron chi connectivity index (χ3n) is 2.49. The van der Waals surface area contributed by atoms with Crippen molar-refractivity contribution in [2.24, 2.45) is 5.73 Å². The molecule has 0 aliphatic rings. The van der Waals surface area contributed by atoms with Crippen LogP contribution in [-0.2, 0) is 4.79 Å². The Hall–Kier alpha value is -1.45. The number of carbonyl (C=O) groups is 1. The molecule has 0 aliphatic heterocycles. The first kappa shape index (κ1) is 14.0. The molecule has 0 spiro atoms. The van der Waals surface area contributed by atoms with Gasteiger partial charge in [0.2, 0.25) is 0 Å². The zero-order valence-corrected chi connectivity index (χ0v) is 12.7. The van der Waals surface area contributed by atoms with Gasteiger partial charge in [-0.1, -0.05) is 0 Å². The number of rotatable bonds is 5. The van der Waals surface area contributed by atoms with Gasteiger partial charge in [0.25, 0.3) is 0 Å². The summed E-state index contributed by atoms with van der Waals surface area (Å²) in [5.74, 6) is 0.231. The van der Waals surface area contributed by atoms with Crippen LogP contribution in [0, 0.1) is 0 Å². The van der Waals surface area contributed by atoms with Crippen LogP contribution in [-0.4, -0.2) is 27.0 Å². The van der Waals surface area contributed by atoms with E-state index in [4.69, 9.17) is 22.4 Å². The van der Waals surface area contributed by atoms with Crippen molar-refractivity contribution in [3.63, 3.8) is 0 Å². The molecule has 0 aliphatic carbocycles. The predicted octanol–water partition coefficient (Wildman–Crippen LogP) is 0.764. The summed E-state index contributed by atoms with van der Waals surface area (Å²) in [6, 6.07) is 6.81. The first-order valence-corrected chi connectivity index (χ1v) is 8.28. The molecule has 0 amide bonds. The monoisotopic (exact) mass is 336 g/mol. The molecule has 4 nitrogen and oxygen atoms in total. The van der Waals surface area contributed by atoms with Gasteiger partial charge >= 0.3 is 121 Å². The summed E-state index contributed by atoms with van der Waals surface area (Å²) in [6.45, 7) is 0. The Morgan fingerprint density at radius 3 is 2.89 bits per heavy atom. The van der Waals surface area contributed by atoms with Gasteiger partial charge < -0.3 is 0 Å². The van der Waals surface area contributed by atoms with Crippen molar-refractivity contribution in [1.29, 1.82) is 0 Å². The van der Waals surface area contributed by atoms with E-state index in [1.54, 1.807) is 6.07 Å². The Labute approximate surface area is 121 Å². The molecule has 1 aromatic heterocycles. The fourth-order valence-corrected chi connectivity index (χ4v) is 3.58. The van der Waals surface area contributed by atoms with Crippen molar-refractivity contribution in [1.82, 2.24) is 0 Å². The zero-order chi connectivity index (χ0) is 13.8. The third kappa shape index (κ3) is 3.31. The maximum absolute atomic E-state index is 12.0. The number of hydrogen-bond acceptors (Lipinski definition) is 4. The SMILES string of the molecule is NC(=S)c1cc(=O)c2cc([As]CCC=O)ccc2o1. The summed E-state index contributed by atoms with van der Waals surface area (Å²) in [6.07, 6.45) is 1.48. The number of fused-ring (bicyclic) bond motifs is 1. The predicted molar refractivity (Wildman–Crippen MR) is 79.2 cm³/mol.